The molecule has 1 aliphatic heterocycles. The summed E-state index contributed by atoms with van der Waals surface area (Å²) in [6.07, 6.45) is 3.91. The van der Waals surface area contributed by atoms with Gasteiger partial charge in [0.15, 0.2) is 0 Å². The number of aliphatic hydroxyl groups is 1. The molecule has 0 radical (unpaired) electrons. The van der Waals surface area contributed by atoms with Crippen molar-refractivity contribution in [2.24, 2.45) is 0 Å². The molecule has 1 heterocycles. The quantitative estimate of drug-likeness (QED) is 0.729. The molecular formula is C12H13NO. The van der Waals surface area contributed by atoms with Crippen LogP contribution in [0.15, 0.2) is 48.4 Å². The SMILES string of the molecule is CN1C=CC(c2ccccc2)=C(O)C1. The fraction of sp³-hybridized carbons (Fsp3) is 0.167. The molecule has 1 N–H and O–H groups in total. The van der Waals surface area contributed by atoms with E-state index in [1.54, 1.807) is 0 Å². The van der Waals surface area contributed by atoms with Gasteiger partial charge in [-0.3, -0.25) is 0 Å². The van der Waals surface area contributed by atoms with Crippen LogP contribution < -0.4 is 0 Å². The highest BCUT2D eigenvalue weighted by atomic mass is 16.3. The van der Waals surface area contributed by atoms with Crippen LogP contribution in [0.3, 0.4) is 0 Å². The van der Waals surface area contributed by atoms with Gasteiger partial charge in [-0.25, -0.2) is 0 Å². The first-order chi connectivity index (χ1) is 6.77. The van der Waals surface area contributed by atoms with E-state index < -0.39 is 0 Å². The van der Waals surface area contributed by atoms with Crippen LogP contribution in [-0.2, 0) is 0 Å². The molecule has 0 aliphatic carbocycles. The van der Waals surface area contributed by atoms with Gasteiger partial charge in [-0.2, -0.15) is 0 Å². The molecule has 1 aromatic carbocycles. The van der Waals surface area contributed by atoms with E-state index in [-0.39, 0.29) is 0 Å². The van der Waals surface area contributed by atoms with Crippen LogP contribution in [-0.4, -0.2) is 23.6 Å². The van der Waals surface area contributed by atoms with Crippen molar-refractivity contribution in [1.29, 1.82) is 0 Å². The van der Waals surface area contributed by atoms with Crippen LogP contribution in [0.5, 0.6) is 0 Å². The third-order valence-corrected chi connectivity index (χ3v) is 2.29. The molecule has 2 nitrogen and oxygen atoms in total. The van der Waals surface area contributed by atoms with Gasteiger partial charge in [0.25, 0.3) is 0 Å². The summed E-state index contributed by atoms with van der Waals surface area (Å²) in [5.74, 6) is 0.432. The molecule has 1 aromatic rings. The Kier molecular flexibility index (Phi) is 2.27. The van der Waals surface area contributed by atoms with Gasteiger partial charge in [-0.15, -0.1) is 0 Å². The molecule has 0 atom stereocenters. The third-order valence-electron chi connectivity index (χ3n) is 2.29. The lowest BCUT2D eigenvalue weighted by atomic mass is 10.0. The Morgan fingerprint density at radius 1 is 1.21 bits per heavy atom. The zero-order valence-corrected chi connectivity index (χ0v) is 8.14. The highest BCUT2D eigenvalue weighted by Gasteiger charge is 2.10. The number of aliphatic hydroxyl groups excluding tert-OH is 1. The zero-order valence-electron chi connectivity index (χ0n) is 8.14. The van der Waals surface area contributed by atoms with Crippen molar-refractivity contribution < 1.29 is 5.11 Å². The minimum Gasteiger partial charge on any atom is -0.510 e. The second kappa shape index (κ2) is 3.58. The third kappa shape index (κ3) is 1.64. The van der Waals surface area contributed by atoms with E-state index >= 15 is 0 Å². The van der Waals surface area contributed by atoms with E-state index in [4.69, 9.17) is 0 Å². The topological polar surface area (TPSA) is 23.5 Å². The van der Waals surface area contributed by atoms with Gasteiger partial charge in [-0.05, 0) is 17.8 Å². The molecule has 0 aromatic heterocycles. The Morgan fingerprint density at radius 3 is 2.57 bits per heavy atom. The summed E-state index contributed by atoms with van der Waals surface area (Å²) in [5.41, 5.74) is 1.98. The summed E-state index contributed by atoms with van der Waals surface area (Å²) in [6.45, 7) is 0.584. The van der Waals surface area contributed by atoms with Gasteiger partial charge in [0.1, 0.15) is 5.76 Å². The smallest absolute Gasteiger partial charge is 0.119 e. The first-order valence-corrected chi connectivity index (χ1v) is 4.63. The molecule has 0 saturated heterocycles. The molecule has 0 fully saturated rings. The summed E-state index contributed by atoms with van der Waals surface area (Å²) in [4.78, 5) is 1.95. The van der Waals surface area contributed by atoms with Crippen molar-refractivity contribution in [2.45, 2.75) is 0 Å². The average molecular weight is 187 g/mol. The molecule has 2 rings (SSSR count). The summed E-state index contributed by atoms with van der Waals surface area (Å²) >= 11 is 0. The highest BCUT2D eigenvalue weighted by Crippen LogP contribution is 2.22. The van der Waals surface area contributed by atoms with Gasteiger partial charge < -0.3 is 10.0 Å². The van der Waals surface area contributed by atoms with Crippen molar-refractivity contribution in [1.82, 2.24) is 4.90 Å². The number of nitrogens with zero attached hydrogens (tertiary/aromatic N) is 1. The summed E-state index contributed by atoms with van der Waals surface area (Å²) < 4.78 is 0. The number of allylic oxidation sites excluding steroid dienone is 2. The molecule has 2 heteroatoms. The Bertz CT molecular complexity index is 379. The lowest BCUT2D eigenvalue weighted by Gasteiger charge is -2.20. The fourth-order valence-electron chi connectivity index (χ4n) is 1.55. The maximum atomic E-state index is 9.78. The van der Waals surface area contributed by atoms with E-state index in [2.05, 4.69) is 0 Å². The number of hydrogen-bond donors (Lipinski definition) is 1. The van der Waals surface area contributed by atoms with Crippen LogP contribution in [0.2, 0.25) is 0 Å². The normalized spacial score (nSPS) is 16.2. The van der Waals surface area contributed by atoms with Crippen LogP contribution in [0.1, 0.15) is 5.56 Å². The Morgan fingerprint density at radius 2 is 1.93 bits per heavy atom. The van der Waals surface area contributed by atoms with Gasteiger partial charge >= 0.3 is 0 Å². The standard InChI is InChI=1S/C12H13NO/c1-13-8-7-11(12(14)9-13)10-5-3-2-4-6-10/h2-8,14H,9H2,1H3. The predicted molar refractivity (Wildman–Crippen MR) is 57.8 cm³/mol. The van der Waals surface area contributed by atoms with E-state index in [9.17, 15) is 5.11 Å². The van der Waals surface area contributed by atoms with Gasteiger partial charge in [0.2, 0.25) is 0 Å². The van der Waals surface area contributed by atoms with Crippen molar-refractivity contribution in [2.75, 3.05) is 13.6 Å². The minimum atomic E-state index is 0.432. The minimum absolute atomic E-state index is 0.432. The molecule has 1 aliphatic rings. The maximum Gasteiger partial charge on any atom is 0.119 e. The molecule has 0 amide bonds. The number of likely N-dealkylation sites (N-methyl/N-ethyl adjacent to an activating group) is 1. The molecule has 0 unspecified atom stereocenters. The van der Waals surface area contributed by atoms with E-state index in [0.717, 1.165) is 11.1 Å². The second-order valence-electron chi connectivity index (χ2n) is 3.46. The fourth-order valence-corrected chi connectivity index (χ4v) is 1.55. The molecule has 0 spiro atoms. The van der Waals surface area contributed by atoms with Crippen LogP contribution in [0.4, 0.5) is 0 Å². The number of hydrogen-bond acceptors (Lipinski definition) is 2. The molecule has 14 heavy (non-hydrogen) atoms. The predicted octanol–water partition coefficient (Wildman–Crippen LogP) is 2.41. The van der Waals surface area contributed by atoms with Crippen LogP contribution in [0, 0.1) is 0 Å². The van der Waals surface area contributed by atoms with Gasteiger partial charge in [0.05, 0.1) is 6.54 Å². The van der Waals surface area contributed by atoms with Gasteiger partial charge in [-0.1, -0.05) is 30.3 Å². The Hall–Kier alpha value is -1.70. The second-order valence-corrected chi connectivity index (χ2v) is 3.46. The summed E-state index contributed by atoms with van der Waals surface area (Å²) in [5, 5.41) is 9.78. The molecule has 0 bridgehead atoms. The van der Waals surface area contributed by atoms with Gasteiger partial charge in [0, 0.05) is 12.6 Å². The largest absolute Gasteiger partial charge is 0.510 e. The monoisotopic (exact) mass is 187 g/mol. The number of rotatable bonds is 1. The van der Waals surface area contributed by atoms with E-state index in [1.807, 2.05) is 54.6 Å². The average Bonchev–Trinajstić information content (AvgIpc) is 2.19. The van der Waals surface area contributed by atoms with Crippen LogP contribution >= 0.6 is 0 Å². The zero-order chi connectivity index (χ0) is 9.97. The highest BCUT2D eigenvalue weighted by molar-refractivity contribution is 5.76. The first kappa shape index (κ1) is 8.88. The molecular weight excluding hydrogens is 174 g/mol. The van der Waals surface area contributed by atoms with Crippen molar-refractivity contribution in [3.63, 3.8) is 0 Å². The molecule has 0 saturated carbocycles. The van der Waals surface area contributed by atoms with Crippen LogP contribution in [0.25, 0.3) is 5.57 Å². The lowest BCUT2D eigenvalue weighted by Crippen LogP contribution is -2.18. The molecule has 72 valence electrons. The number of benzene rings is 1. The summed E-state index contributed by atoms with van der Waals surface area (Å²) in [6, 6.07) is 9.92. The maximum absolute atomic E-state index is 9.78. The van der Waals surface area contributed by atoms with Crippen molar-refractivity contribution in [3.8, 4) is 0 Å². The van der Waals surface area contributed by atoms with Crippen molar-refractivity contribution >= 4 is 5.57 Å². The lowest BCUT2D eigenvalue weighted by molar-refractivity contribution is 0.339. The van der Waals surface area contributed by atoms with Crippen molar-refractivity contribution in [3.05, 3.63) is 53.9 Å². The van der Waals surface area contributed by atoms with E-state index in [1.165, 1.54) is 0 Å². The Labute approximate surface area is 83.8 Å². The van der Waals surface area contributed by atoms with E-state index in [0.29, 0.717) is 12.3 Å². The summed E-state index contributed by atoms with van der Waals surface area (Å²) in [7, 11) is 1.94. The Balaban J connectivity index is 2.37. The first-order valence-electron chi connectivity index (χ1n) is 4.63.